The molecule has 0 radical (unpaired) electrons. The SMILES string of the molecule is COC(=O)Cc1c(Br)ccc(C#N)c1CBr. The van der Waals surface area contributed by atoms with Crippen molar-refractivity contribution in [2.45, 2.75) is 11.8 Å². The lowest BCUT2D eigenvalue weighted by Crippen LogP contribution is -2.08. The van der Waals surface area contributed by atoms with Crippen LogP contribution in [0.2, 0.25) is 0 Å². The summed E-state index contributed by atoms with van der Waals surface area (Å²) in [6.45, 7) is 0. The van der Waals surface area contributed by atoms with Gasteiger partial charge in [-0.2, -0.15) is 5.26 Å². The molecule has 0 aliphatic carbocycles. The molecule has 0 amide bonds. The fraction of sp³-hybridized carbons (Fsp3) is 0.273. The molecule has 0 N–H and O–H groups in total. The number of methoxy groups -OCH3 is 1. The Morgan fingerprint density at radius 3 is 2.69 bits per heavy atom. The summed E-state index contributed by atoms with van der Waals surface area (Å²) in [5.41, 5.74) is 2.18. The van der Waals surface area contributed by atoms with Crippen LogP contribution in [0.3, 0.4) is 0 Å². The zero-order valence-electron chi connectivity index (χ0n) is 8.59. The molecule has 0 saturated heterocycles. The van der Waals surface area contributed by atoms with E-state index in [1.807, 2.05) is 0 Å². The minimum atomic E-state index is -0.321. The first-order valence-corrected chi connectivity index (χ1v) is 6.38. The first-order chi connectivity index (χ1) is 7.63. The molecule has 0 atom stereocenters. The van der Waals surface area contributed by atoms with Crippen LogP contribution in [0.25, 0.3) is 0 Å². The number of halogens is 2. The van der Waals surface area contributed by atoms with Crippen molar-refractivity contribution in [3.8, 4) is 6.07 Å². The molecule has 0 aliphatic heterocycles. The minimum absolute atomic E-state index is 0.160. The van der Waals surface area contributed by atoms with E-state index in [9.17, 15) is 4.79 Å². The van der Waals surface area contributed by atoms with Crippen LogP contribution in [0.15, 0.2) is 16.6 Å². The fourth-order valence-corrected chi connectivity index (χ4v) is 2.48. The van der Waals surface area contributed by atoms with E-state index in [1.165, 1.54) is 7.11 Å². The van der Waals surface area contributed by atoms with E-state index in [0.717, 1.165) is 15.6 Å². The number of hydrogen-bond donors (Lipinski definition) is 0. The van der Waals surface area contributed by atoms with Crippen molar-refractivity contribution in [3.63, 3.8) is 0 Å². The molecular weight excluding hydrogens is 338 g/mol. The Balaban J connectivity index is 3.24. The zero-order valence-corrected chi connectivity index (χ0v) is 11.8. The van der Waals surface area contributed by atoms with Crippen LogP contribution in [0.5, 0.6) is 0 Å². The highest BCUT2D eigenvalue weighted by atomic mass is 79.9. The van der Waals surface area contributed by atoms with Crippen LogP contribution >= 0.6 is 31.9 Å². The predicted molar refractivity (Wildman–Crippen MR) is 67.2 cm³/mol. The molecule has 0 heterocycles. The molecule has 0 spiro atoms. The van der Waals surface area contributed by atoms with Gasteiger partial charge in [-0.1, -0.05) is 31.9 Å². The molecule has 0 fully saturated rings. The van der Waals surface area contributed by atoms with Crippen LogP contribution in [0, 0.1) is 11.3 Å². The van der Waals surface area contributed by atoms with Crippen molar-refractivity contribution in [3.05, 3.63) is 33.3 Å². The molecule has 16 heavy (non-hydrogen) atoms. The average molecular weight is 347 g/mol. The van der Waals surface area contributed by atoms with Crippen molar-refractivity contribution in [1.82, 2.24) is 0 Å². The quantitative estimate of drug-likeness (QED) is 0.624. The van der Waals surface area contributed by atoms with E-state index >= 15 is 0 Å². The number of nitriles is 1. The Hall–Kier alpha value is -0.860. The second-order valence-corrected chi connectivity index (χ2v) is 4.47. The molecule has 0 aliphatic rings. The fourth-order valence-electron chi connectivity index (χ4n) is 1.33. The number of carbonyl (C=O) groups is 1. The van der Waals surface area contributed by atoms with Gasteiger partial charge in [0.15, 0.2) is 0 Å². The van der Waals surface area contributed by atoms with Crippen LogP contribution in [0.1, 0.15) is 16.7 Å². The monoisotopic (exact) mass is 345 g/mol. The van der Waals surface area contributed by atoms with E-state index in [-0.39, 0.29) is 12.4 Å². The Labute approximate surface area is 111 Å². The lowest BCUT2D eigenvalue weighted by Gasteiger charge is -2.10. The summed E-state index contributed by atoms with van der Waals surface area (Å²) >= 11 is 6.69. The van der Waals surface area contributed by atoms with Gasteiger partial charge in [0.2, 0.25) is 0 Å². The van der Waals surface area contributed by atoms with Crippen LogP contribution in [0.4, 0.5) is 0 Å². The molecule has 0 bridgehead atoms. The van der Waals surface area contributed by atoms with Gasteiger partial charge in [0.25, 0.3) is 0 Å². The highest BCUT2D eigenvalue weighted by molar-refractivity contribution is 9.10. The standard InChI is InChI=1S/C11H9Br2NO2/c1-16-11(15)4-8-9(5-12)7(6-14)2-3-10(8)13/h2-3H,4-5H2,1H3. The lowest BCUT2D eigenvalue weighted by atomic mass is 10.0. The van der Waals surface area contributed by atoms with Crippen LogP contribution < -0.4 is 0 Å². The van der Waals surface area contributed by atoms with Gasteiger partial charge < -0.3 is 4.74 Å². The Kier molecular flexibility index (Phi) is 4.97. The van der Waals surface area contributed by atoms with Gasteiger partial charge in [-0.15, -0.1) is 0 Å². The maximum atomic E-state index is 11.3. The van der Waals surface area contributed by atoms with E-state index in [0.29, 0.717) is 10.9 Å². The first-order valence-electron chi connectivity index (χ1n) is 4.47. The summed E-state index contributed by atoms with van der Waals surface area (Å²) in [5.74, 6) is -0.321. The van der Waals surface area contributed by atoms with Crippen molar-refractivity contribution in [2.75, 3.05) is 7.11 Å². The minimum Gasteiger partial charge on any atom is -0.469 e. The second kappa shape index (κ2) is 6.02. The zero-order chi connectivity index (χ0) is 12.1. The molecule has 1 rings (SSSR count). The third kappa shape index (κ3) is 2.83. The van der Waals surface area contributed by atoms with Crippen molar-refractivity contribution < 1.29 is 9.53 Å². The van der Waals surface area contributed by atoms with Gasteiger partial charge >= 0.3 is 5.97 Å². The maximum absolute atomic E-state index is 11.3. The third-order valence-corrected chi connectivity index (χ3v) is 3.48. The Morgan fingerprint density at radius 1 is 1.50 bits per heavy atom. The number of esters is 1. The summed E-state index contributed by atoms with van der Waals surface area (Å²) in [7, 11) is 1.35. The topological polar surface area (TPSA) is 50.1 Å². The molecule has 3 nitrogen and oxygen atoms in total. The van der Waals surface area contributed by atoms with E-state index in [1.54, 1.807) is 12.1 Å². The first kappa shape index (κ1) is 13.2. The highest BCUT2D eigenvalue weighted by Crippen LogP contribution is 2.26. The number of rotatable bonds is 3. The van der Waals surface area contributed by atoms with E-state index in [4.69, 9.17) is 5.26 Å². The predicted octanol–water partition coefficient (Wildman–Crippen LogP) is 2.93. The molecule has 84 valence electrons. The largest absolute Gasteiger partial charge is 0.469 e. The van der Waals surface area contributed by atoms with Gasteiger partial charge in [-0.05, 0) is 23.3 Å². The van der Waals surface area contributed by atoms with Crippen LogP contribution in [-0.4, -0.2) is 13.1 Å². The number of alkyl halides is 1. The second-order valence-electron chi connectivity index (χ2n) is 3.05. The lowest BCUT2D eigenvalue weighted by molar-refractivity contribution is -0.139. The third-order valence-electron chi connectivity index (χ3n) is 2.18. The summed E-state index contributed by atoms with van der Waals surface area (Å²) in [6.07, 6.45) is 0.160. The summed E-state index contributed by atoms with van der Waals surface area (Å²) in [5, 5.41) is 9.48. The number of carbonyl (C=O) groups excluding carboxylic acids is 1. The molecule has 0 saturated carbocycles. The number of benzene rings is 1. The smallest absolute Gasteiger partial charge is 0.310 e. The number of hydrogen-bond acceptors (Lipinski definition) is 3. The summed E-state index contributed by atoms with van der Waals surface area (Å²) < 4.78 is 5.44. The maximum Gasteiger partial charge on any atom is 0.310 e. The summed E-state index contributed by atoms with van der Waals surface area (Å²) in [4.78, 5) is 11.3. The van der Waals surface area contributed by atoms with E-state index in [2.05, 4.69) is 42.7 Å². The molecule has 5 heteroatoms. The average Bonchev–Trinajstić information content (AvgIpc) is 2.31. The summed E-state index contributed by atoms with van der Waals surface area (Å²) in [6, 6.07) is 5.59. The van der Waals surface area contributed by atoms with Gasteiger partial charge in [-0.25, -0.2) is 0 Å². The van der Waals surface area contributed by atoms with E-state index < -0.39 is 0 Å². The molecule has 1 aromatic carbocycles. The number of nitrogens with zero attached hydrogens (tertiary/aromatic N) is 1. The van der Waals surface area contributed by atoms with Gasteiger partial charge in [0.1, 0.15) is 0 Å². The molecule has 0 unspecified atom stereocenters. The van der Waals surface area contributed by atoms with Crippen molar-refractivity contribution >= 4 is 37.8 Å². The van der Waals surface area contributed by atoms with Crippen molar-refractivity contribution in [1.29, 1.82) is 5.26 Å². The normalized spacial score (nSPS) is 9.62. The van der Waals surface area contributed by atoms with Gasteiger partial charge in [0, 0.05) is 9.80 Å². The Morgan fingerprint density at radius 2 is 2.19 bits per heavy atom. The van der Waals surface area contributed by atoms with Gasteiger partial charge in [-0.3, -0.25) is 4.79 Å². The Bertz CT molecular complexity index is 452. The number of ether oxygens (including phenoxy) is 1. The van der Waals surface area contributed by atoms with Crippen LogP contribution in [-0.2, 0) is 21.3 Å². The molecule has 0 aromatic heterocycles. The molecular formula is C11H9Br2NO2. The van der Waals surface area contributed by atoms with Crippen molar-refractivity contribution in [2.24, 2.45) is 0 Å². The molecule has 1 aromatic rings. The van der Waals surface area contributed by atoms with Gasteiger partial charge in [0.05, 0.1) is 25.2 Å². The highest BCUT2D eigenvalue weighted by Gasteiger charge is 2.14.